The number of morpholine rings is 1. The summed E-state index contributed by atoms with van der Waals surface area (Å²) in [4.78, 5) is 13.1. The Morgan fingerprint density at radius 2 is 2.22 bits per heavy atom. The van der Waals surface area contributed by atoms with Crippen LogP contribution in [0, 0.1) is 0 Å². The quantitative estimate of drug-likeness (QED) is 0.536. The van der Waals surface area contributed by atoms with Crippen molar-refractivity contribution < 1.29 is 32.2 Å². The van der Waals surface area contributed by atoms with Crippen LogP contribution in [0.2, 0.25) is 0 Å². The van der Waals surface area contributed by atoms with Crippen molar-refractivity contribution in [2.24, 2.45) is 0 Å². The van der Waals surface area contributed by atoms with Crippen LogP contribution in [-0.4, -0.2) is 69.7 Å². The summed E-state index contributed by atoms with van der Waals surface area (Å²) in [7, 11) is 1.26. The Balaban J connectivity index is 2.32. The van der Waals surface area contributed by atoms with Crippen LogP contribution in [0.25, 0.3) is 0 Å². The molecule has 0 saturated carbocycles. The maximum absolute atomic E-state index is 11.8. The van der Waals surface area contributed by atoms with E-state index in [1.54, 1.807) is 4.90 Å². The van der Waals surface area contributed by atoms with Gasteiger partial charge in [-0.15, -0.1) is 0 Å². The van der Waals surface area contributed by atoms with Gasteiger partial charge in [0.25, 0.3) is 0 Å². The van der Waals surface area contributed by atoms with Gasteiger partial charge in [0.05, 0.1) is 26.9 Å². The third kappa shape index (κ3) is 5.19. The highest BCUT2D eigenvalue weighted by atomic mass is 19.4. The second-order valence-electron chi connectivity index (χ2n) is 3.82. The topological polar surface area (TPSA) is 48.0 Å². The van der Waals surface area contributed by atoms with Crippen molar-refractivity contribution in [3.63, 3.8) is 0 Å². The van der Waals surface area contributed by atoms with E-state index in [4.69, 9.17) is 4.74 Å². The number of ether oxygens (including phenoxy) is 3. The molecule has 1 heterocycles. The van der Waals surface area contributed by atoms with E-state index in [0.717, 1.165) is 0 Å². The van der Waals surface area contributed by atoms with E-state index in [2.05, 4.69) is 9.47 Å². The highest BCUT2D eigenvalue weighted by Crippen LogP contribution is 2.14. The van der Waals surface area contributed by atoms with Gasteiger partial charge in [0.2, 0.25) is 0 Å². The number of esters is 1. The molecule has 1 rings (SSSR count). The number of alkyl halides is 3. The second kappa shape index (κ2) is 6.91. The summed E-state index contributed by atoms with van der Waals surface area (Å²) in [6.45, 7) is -0.0414. The van der Waals surface area contributed by atoms with E-state index >= 15 is 0 Å². The molecule has 18 heavy (non-hydrogen) atoms. The van der Waals surface area contributed by atoms with E-state index in [0.29, 0.717) is 13.2 Å². The molecule has 1 aliphatic heterocycles. The summed E-state index contributed by atoms with van der Waals surface area (Å²) >= 11 is 0. The molecule has 0 amide bonds. The fourth-order valence-electron chi connectivity index (χ4n) is 1.63. The Bertz CT molecular complexity index is 272. The van der Waals surface area contributed by atoms with E-state index in [1.165, 1.54) is 7.11 Å². The summed E-state index contributed by atoms with van der Waals surface area (Å²) in [5.41, 5.74) is 0. The van der Waals surface area contributed by atoms with E-state index in [9.17, 15) is 18.0 Å². The van der Waals surface area contributed by atoms with Crippen molar-refractivity contribution in [3.8, 4) is 0 Å². The number of methoxy groups -OCH3 is 1. The molecule has 0 aromatic heterocycles. The number of rotatable bonds is 5. The number of hydrogen-bond acceptors (Lipinski definition) is 5. The Hall–Kier alpha value is -0.860. The Kier molecular flexibility index (Phi) is 5.83. The van der Waals surface area contributed by atoms with Gasteiger partial charge in [0, 0.05) is 13.1 Å². The van der Waals surface area contributed by atoms with Gasteiger partial charge in [0.1, 0.15) is 12.6 Å². The molecule has 0 N–H and O–H groups in total. The molecule has 1 fully saturated rings. The maximum atomic E-state index is 11.8. The second-order valence-corrected chi connectivity index (χ2v) is 3.82. The van der Waals surface area contributed by atoms with Crippen LogP contribution in [0.1, 0.15) is 0 Å². The Labute approximate surface area is 103 Å². The summed E-state index contributed by atoms with van der Waals surface area (Å²) in [6.07, 6.45) is -4.33. The first-order chi connectivity index (χ1) is 8.44. The highest BCUT2D eigenvalue weighted by Gasteiger charge is 2.31. The lowest BCUT2D eigenvalue weighted by molar-refractivity contribution is -0.177. The first-order valence-electron chi connectivity index (χ1n) is 5.48. The minimum atomic E-state index is -4.33. The molecule has 8 heteroatoms. The van der Waals surface area contributed by atoms with E-state index in [-0.39, 0.29) is 19.8 Å². The van der Waals surface area contributed by atoms with Crippen molar-refractivity contribution in [1.82, 2.24) is 4.90 Å². The van der Waals surface area contributed by atoms with Crippen molar-refractivity contribution in [3.05, 3.63) is 0 Å². The van der Waals surface area contributed by atoms with Crippen molar-refractivity contribution in [2.45, 2.75) is 12.2 Å². The molecule has 1 saturated heterocycles. The van der Waals surface area contributed by atoms with Crippen LogP contribution in [-0.2, 0) is 19.0 Å². The zero-order valence-electron chi connectivity index (χ0n) is 10.0. The maximum Gasteiger partial charge on any atom is 0.411 e. The van der Waals surface area contributed by atoms with Crippen molar-refractivity contribution in [2.75, 3.05) is 46.6 Å². The average molecular weight is 271 g/mol. The zero-order chi connectivity index (χ0) is 13.6. The smallest absolute Gasteiger partial charge is 0.411 e. The first-order valence-corrected chi connectivity index (χ1v) is 5.48. The summed E-state index contributed by atoms with van der Waals surface area (Å²) in [5, 5.41) is 0. The summed E-state index contributed by atoms with van der Waals surface area (Å²) < 4.78 is 49.8. The molecule has 106 valence electrons. The molecule has 0 bridgehead atoms. The van der Waals surface area contributed by atoms with Gasteiger partial charge in [-0.25, -0.2) is 0 Å². The first kappa shape index (κ1) is 15.2. The van der Waals surface area contributed by atoms with Crippen LogP contribution in [0.5, 0.6) is 0 Å². The van der Waals surface area contributed by atoms with Gasteiger partial charge in [-0.3, -0.25) is 9.69 Å². The molecule has 0 radical (unpaired) electrons. The van der Waals surface area contributed by atoms with Crippen molar-refractivity contribution in [1.29, 1.82) is 0 Å². The fourth-order valence-corrected chi connectivity index (χ4v) is 1.63. The molecule has 5 nitrogen and oxygen atoms in total. The minimum absolute atomic E-state index is 0.0903. The third-order valence-electron chi connectivity index (χ3n) is 2.50. The van der Waals surface area contributed by atoms with Crippen LogP contribution >= 0.6 is 0 Å². The van der Waals surface area contributed by atoms with Crippen LogP contribution in [0.4, 0.5) is 13.2 Å². The largest absolute Gasteiger partial charge is 0.468 e. The number of carbonyl (C=O) groups excluding carboxylic acids is 1. The van der Waals surface area contributed by atoms with Crippen LogP contribution in [0.3, 0.4) is 0 Å². The lowest BCUT2D eigenvalue weighted by atomic mass is 10.2. The van der Waals surface area contributed by atoms with Crippen molar-refractivity contribution >= 4 is 5.97 Å². The summed E-state index contributed by atoms with van der Waals surface area (Å²) in [6, 6.07) is -0.571. The Morgan fingerprint density at radius 3 is 2.83 bits per heavy atom. The predicted octanol–water partition coefficient (Wildman–Crippen LogP) is 0.439. The van der Waals surface area contributed by atoms with Gasteiger partial charge in [-0.05, 0) is 0 Å². The molecular weight excluding hydrogens is 255 g/mol. The average Bonchev–Trinajstić information content (AvgIpc) is 2.33. The monoisotopic (exact) mass is 271 g/mol. The van der Waals surface area contributed by atoms with E-state index in [1.807, 2.05) is 0 Å². The normalized spacial score (nSPS) is 21.9. The van der Waals surface area contributed by atoms with Gasteiger partial charge in [-0.2, -0.15) is 13.2 Å². The fraction of sp³-hybridized carbons (Fsp3) is 0.900. The molecule has 0 spiro atoms. The number of nitrogens with zero attached hydrogens (tertiary/aromatic N) is 1. The predicted molar refractivity (Wildman–Crippen MR) is 55.1 cm³/mol. The van der Waals surface area contributed by atoms with E-state index < -0.39 is 24.8 Å². The van der Waals surface area contributed by atoms with Gasteiger partial charge < -0.3 is 14.2 Å². The lowest BCUT2D eigenvalue weighted by Gasteiger charge is -2.33. The van der Waals surface area contributed by atoms with Crippen LogP contribution in [0.15, 0.2) is 0 Å². The zero-order valence-corrected chi connectivity index (χ0v) is 10.0. The molecule has 1 unspecified atom stereocenters. The molecule has 0 aromatic carbocycles. The third-order valence-corrected chi connectivity index (χ3v) is 2.50. The highest BCUT2D eigenvalue weighted by molar-refractivity contribution is 5.75. The molecule has 0 aliphatic carbocycles. The lowest BCUT2D eigenvalue weighted by Crippen LogP contribution is -2.51. The molecule has 0 aromatic rings. The number of halogens is 3. The Morgan fingerprint density at radius 1 is 1.50 bits per heavy atom. The molecular formula is C10H16F3NO4. The number of carbonyl (C=O) groups is 1. The number of hydrogen-bond donors (Lipinski definition) is 0. The minimum Gasteiger partial charge on any atom is -0.468 e. The van der Waals surface area contributed by atoms with Gasteiger partial charge in [-0.1, -0.05) is 0 Å². The SMILES string of the molecule is COC(=O)C1COCCN1CCOCC(F)(F)F. The van der Waals surface area contributed by atoms with Gasteiger partial charge >= 0.3 is 12.1 Å². The standard InChI is InChI=1S/C10H16F3NO4/c1-16-9(15)8-6-17-4-2-14(8)3-5-18-7-10(11,12)13/h8H,2-7H2,1H3. The van der Waals surface area contributed by atoms with Crippen LogP contribution < -0.4 is 0 Å². The van der Waals surface area contributed by atoms with Gasteiger partial charge in [0.15, 0.2) is 0 Å². The molecule has 1 aliphatic rings. The molecule has 1 atom stereocenters. The summed E-state index contributed by atoms with van der Waals surface area (Å²) in [5.74, 6) is -0.453.